The summed E-state index contributed by atoms with van der Waals surface area (Å²) in [4.78, 5) is 22.7. The summed E-state index contributed by atoms with van der Waals surface area (Å²) in [6.07, 6.45) is 54.6. The number of aliphatic hydroxyl groups is 2. The van der Waals surface area contributed by atoms with E-state index in [9.17, 15) is 19.4 Å². The maximum Gasteiger partial charge on any atom is 0.472 e. The third-order valence-electron chi connectivity index (χ3n) is 10.2. The van der Waals surface area contributed by atoms with Crippen LogP contribution in [0.15, 0.2) is 60.8 Å². The number of ether oxygens (including phenoxy) is 2. The standard InChI is InChI=1S/C50H91O9P/c1-3-5-7-9-11-13-15-17-19-21-22-23-24-25-26-27-28-30-32-34-36-38-40-42-50(53)59-49(47-58-60(54,55)57-45-48(52)44-51)46-56-43-41-39-37-35-33-31-29-20-18-16-14-12-10-8-6-4-2/h5,7,11,13,17-20,22-23,48-49,51-52H,3-4,6,8-10,12,14-16,21,24-47H2,1-2H3,(H,54,55)/b7-5-,13-11-,19-17-,20-18-,23-22-. The van der Waals surface area contributed by atoms with Gasteiger partial charge in [-0.25, -0.2) is 4.57 Å². The smallest absolute Gasteiger partial charge is 0.457 e. The van der Waals surface area contributed by atoms with Crippen molar-refractivity contribution in [1.29, 1.82) is 0 Å². The zero-order valence-electron chi connectivity index (χ0n) is 38.4. The van der Waals surface area contributed by atoms with Gasteiger partial charge in [-0.1, -0.05) is 184 Å². The molecule has 60 heavy (non-hydrogen) atoms. The highest BCUT2D eigenvalue weighted by Crippen LogP contribution is 2.43. The minimum absolute atomic E-state index is 0.0422. The molecule has 3 unspecified atom stereocenters. The summed E-state index contributed by atoms with van der Waals surface area (Å²) < 4.78 is 33.5. The van der Waals surface area contributed by atoms with Gasteiger partial charge in [0.15, 0.2) is 0 Å². The molecule has 0 saturated carbocycles. The first-order valence-electron chi connectivity index (χ1n) is 24.3. The van der Waals surface area contributed by atoms with Crippen LogP contribution in [0.1, 0.15) is 206 Å². The zero-order valence-corrected chi connectivity index (χ0v) is 39.3. The van der Waals surface area contributed by atoms with Crippen LogP contribution >= 0.6 is 7.82 Å². The van der Waals surface area contributed by atoms with Gasteiger partial charge in [0, 0.05) is 13.0 Å². The first-order chi connectivity index (χ1) is 29.3. The monoisotopic (exact) mass is 867 g/mol. The number of aliphatic hydroxyl groups excluding tert-OH is 2. The molecule has 0 aromatic rings. The van der Waals surface area contributed by atoms with Gasteiger partial charge in [-0.15, -0.1) is 0 Å². The second-order valence-electron chi connectivity index (χ2n) is 16.1. The van der Waals surface area contributed by atoms with E-state index in [0.29, 0.717) is 6.61 Å². The Hall–Kier alpha value is -1.84. The summed E-state index contributed by atoms with van der Waals surface area (Å²) in [6, 6.07) is 0. The molecule has 0 aromatic carbocycles. The Morgan fingerprint density at radius 1 is 0.533 bits per heavy atom. The minimum Gasteiger partial charge on any atom is -0.457 e. The van der Waals surface area contributed by atoms with Crippen molar-refractivity contribution >= 4 is 13.8 Å². The minimum atomic E-state index is -4.53. The van der Waals surface area contributed by atoms with Crippen LogP contribution in [0.5, 0.6) is 0 Å². The molecule has 0 aliphatic rings. The molecule has 350 valence electrons. The van der Waals surface area contributed by atoms with Crippen molar-refractivity contribution in [2.45, 2.75) is 219 Å². The summed E-state index contributed by atoms with van der Waals surface area (Å²) in [5.41, 5.74) is 0. The van der Waals surface area contributed by atoms with Crippen LogP contribution in [0.3, 0.4) is 0 Å². The van der Waals surface area contributed by atoms with Gasteiger partial charge < -0.3 is 24.6 Å². The Bertz CT molecular complexity index is 1120. The first kappa shape index (κ1) is 58.2. The van der Waals surface area contributed by atoms with Crippen molar-refractivity contribution in [2.75, 3.05) is 33.0 Å². The highest BCUT2D eigenvalue weighted by molar-refractivity contribution is 7.47. The van der Waals surface area contributed by atoms with E-state index in [1.807, 2.05) is 0 Å². The fourth-order valence-corrected chi connectivity index (χ4v) is 7.31. The van der Waals surface area contributed by atoms with E-state index in [0.717, 1.165) is 83.5 Å². The van der Waals surface area contributed by atoms with Crippen LogP contribution in [0.2, 0.25) is 0 Å². The Balaban J connectivity index is 4.11. The molecule has 0 rings (SSSR count). The molecule has 0 amide bonds. The number of carbonyl (C=O) groups excluding carboxylic acids is 1. The third-order valence-corrected chi connectivity index (χ3v) is 11.1. The lowest BCUT2D eigenvalue weighted by Gasteiger charge is -2.20. The molecule has 0 bridgehead atoms. The average Bonchev–Trinajstić information content (AvgIpc) is 3.24. The number of phosphoric ester groups is 1. The second kappa shape index (κ2) is 46.7. The van der Waals surface area contributed by atoms with Gasteiger partial charge in [0.25, 0.3) is 0 Å². The number of unbranched alkanes of at least 4 members (excludes halogenated alkanes) is 22. The van der Waals surface area contributed by atoms with Gasteiger partial charge in [0.05, 0.1) is 26.4 Å². The van der Waals surface area contributed by atoms with Gasteiger partial charge in [-0.05, 0) is 77.0 Å². The second-order valence-corrected chi connectivity index (χ2v) is 17.5. The molecule has 9 nitrogen and oxygen atoms in total. The van der Waals surface area contributed by atoms with Crippen LogP contribution in [-0.4, -0.2) is 66.3 Å². The first-order valence-corrected chi connectivity index (χ1v) is 25.8. The Morgan fingerprint density at radius 2 is 0.950 bits per heavy atom. The van der Waals surface area contributed by atoms with E-state index >= 15 is 0 Å². The number of rotatable bonds is 46. The molecule has 3 atom stereocenters. The van der Waals surface area contributed by atoms with E-state index in [2.05, 4.69) is 74.6 Å². The number of hydrogen-bond donors (Lipinski definition) is 3. The Labute approximate surface area is 368 Å². The molecule has 0 aliphatic heterocycles. The van der Waals surface area contributed by atoms with Crippen molar-refractivity contribution in [3.63, 3.8) is 0 Å². The quantitative estimate of drug-likeness (QED) is 0.0237. The summed E-state index contributed by atoms with van der Waals surface area (Å²) in [5, 5.41) is 18.4. The van der Waals surface area contributed by atoms with Crippen LogP contribution < -0.4 is 0 Å². The summed E-state index contributed by atoms with van der Waals surface area (Å²) in [6.45, 7) is 3.40. The predicted octanol–water partition coefficient (Wildman–Crippen LogP) is 13.9. The van der Waals surface area contributed by atoms with Crippen molar-refractivity contribution in [3.8, 4) is 0 Å². The predicted molar refractivity (Wildman–Crippen MR) is 251 cm³/mol. The molecule has 0 spiro atoms. The largest absolute Gasteiger partial charge is 0.472 e. The molecule has 0 saturated heterocycles. The van der Waals surface area contributed by atoms with Gasteiger partial charge in [-0.3, -0.25) is 13.8 Å². The van der Waals surface area contributed by atoms with E-state index in [-0.39, 0.29) is 25.6 Å². The molecule has 0 heterocycles. The normalized spacial score (nSPS) is 14.4. The lowest BCUT2D eigenvalue weighted by molar-refractivity contribution is -0.154. The lowest BCUT2D eigenvalue weighted by atomic mass is 10.0. The van der Waals surface area contributed by atoms with Gasteiger partial charge in [0.2, 0.25) is 0 Å². The SMILES string of the molecule is CC/C=C\C/C=C\C/C=C\C/C=C\CCCCCCCCCCCCC(=O)OC(COCCCCCCCC/C=C\CCCCCCCC)COP(=O)(O)OCC(O)CO. The van der Waals surface area contributed by atoms with E-state index < -0.39 is 33.2 Å². The van der Waals surface area contributed by atoms with Crippen molar-refractivity contribution in [3.05, 3.63) is 60.8 Å². The number of carbonyl (C=O) groups is 1. The number of hydrogen-bond acceptors (Lipinski definition) is 8. The van der Waals surface area contributed by atoms with Crippen molar-refractivity contribution < 1.29 is 43.0 Å². The fourth-order valence-electron chi connectivity index (χ4n) is 6.52. The Kier molecular flexibility index (Phi) is 45.2. The summed E-state index contributed by atoms with van der Waals surface area (Å²) in [5.74, 6) is -0.390. The summed E-state index contributed by atoms with van der Waals surface area (Å²) in [7, 11) is -4.53. The highest BCUT2D eigenvalue weighted by Gasteiger charge is 2.26. The molecule has 0 radical (unpaired) electrons. The van der Waals surface area contributed by atoms with E-state index in [4.69, 9.17) is 23.6 Å². The maximum atomic E-state index is 12.7. The van der Waals surface area contributed by atoms with Gasteiger partial charge >= 0.3 is 13.8 Å². The molecule has 0 aromatic heterocycles. The molecule has 0 fully saturated rings. The topological polar surface area (TPSA) is 132 Å². The molecular weight excluding hydrogens is 776 g/mol. The van der Waals surface area contributed by atoms with Crippen LogP contribution in [0.25, 0.3) is 0 Å². The van der Waals surface area contributed by atoms with E-state index in [1.54, 1.807) is 0 Å². The molecule has 0 aliphatic carbocycles. The highest BCUT2D eigenvalue weighted by atomic mass is 31.2. The number of esters is 1. The van der Waals surface area contributed by atoms with Crippen LogP contribution in [0, 0.1) is 0 Å². The third kappa shape index (κ3) is 45.7. The summed E-state index contributed by atoms with van der Waals surface area (Å²) >= 11 is 0. The average molecular weight is 867 g/mol. The molecular formula is C50H91O9P. The Morgan fingerprint density at radius 3 is 1.45 bits per heavy atom. The van der Waals surface area contributed by atoms with Crippen LogP contribution in [0.4, 0.5) is 0 Å². The van der Waals surface area contributed by atoms with Gasteiger partial charge in [0.1, 0.15) is 12.2 Å². The zero-order chi connectivity index (χ0) is 43.9. The maximum absolute atomic E-state index is 12.7. The van der Waals surface area contributed by atoms with Gasteiger partial charge in [-0.2, -0.15) is 0 Å². The lowest BCUT2D eigenvalue weighted by Crippen LogP contribution is -2.29. The number of phosphoric acid groups is 1. The molecule has 3 N–H and O–H groups in total. The van der Waals surface area contributed by atoms with Crippen LogP contribution in [-0.2, 0) is 27.9 Å². The fraction of sp³-hybridized carbons (Fsp3) is 0.780. The number of allylic oxidation sites excluding steroid dienone is 10. The molecule has 10 heteroatoms. The van der Waals surface area contributed by atoms with E-state index in [1.165, 1.54) is 103 Å². The van der Waals surface area contributed by atoms with Crippen molar-refractivity contribution in [2.24, 2.45) is 0 Å². The van der Waals surface area contributed by atoms with Crippen molar-refractivity contribution in [1.82, 2.24) is 0 Å².